The lowest BCUT2D eigenvalue weighted by Crippen LogP contribution is -2.50. The molecule has 1 aromatic heterocycles. The van der Waals surface area contributed by atoms with Crippen LogP contribution in [0.4, 0.5) is 18.9 Å². The predicted molar refractivity (Wildman–Crippen MR) is 146 cm³/mol. The molecule has 0 aliphatic carbocycles. The smallest absolute Gasteiger partial charge is 0.368 e. The zero-order valence-electron chi connectivity index (χ0n) is 21.7. The van der Waals surface area contributed by atoms with Crippen LogP contribution >= 0.6 is 23.2 Å². The van der Waals surface area contributed by atoms with Crippen molar-refractivity contribution in [3.63, 3.8) is 0 Å². The molecule has 1 aliphatic rings. The third kappa shape index (κ3) is 7.04. The van der Waals surface area contributed by atoms with E-state index < -0.39 is 23.7 Å². The van der Waals surface area contributed by atoms with Gasteiger partial charge in [0.15, 0.2) is 0 Å². The van der Waals surface area contributed by atoms with E-state index in [0.29, 0.717) is 66.0 Å². The Labute approximate surface area is 235 Å². The Kier molecular flexibility index (Phi) is 9.08. The number of nitrogens with one attached hydrogen (secondary N) is 1. The van der Waals surface area contributed by atoms with Crippen LogP contribution in [0.2, 0.25) is 10.0 Å². The maximum absolute atomic E-state index is 13.7. The van der Waals surface area contributed by atoms with E-state index in [0.717, 1.165) is 17.7 Å². The zero-order chi connectivity index (χ0) is 28.3. The number of nitrogens with zero attached hydrogens (tertiary/aromatic N) is 4. The second kappa shape index (κ2) is 12.1. The fourth-order valence-electron chi connectivity index (χ4n) is 4.95. The van der Waals surface area contributed by atoms with Crippen LogP contribution in [0.15, 0.2) is 42.6 Å². The summed E-state index contributed by atoms with van der Waals surface area (Å²) in [4.78, 5) is 17.4. The highest BCUT2D eigenvalue weighted by atomic mass is 35.5. The van der Waals surface area contributed by atoms with Gasteiger partial charge in [0.25, 0.3) is 0 Å². The summed E-state index contributed by atoms with van der Waals surface area (Å²) in [7, 11) is 0. The van der Waals surface area contributed by atoms with E-state index in [1.807, 2.05) is 18.7 Å². The van der Waals surface area contributed by atoms with Crippen molar-refractivity contribution >= 4 is 34.8 Å². The summed E-state index contributed by atoms with van der Waals surface area (Å²) in [5.41, 5.74) is 8.07. The highest BCUT2D eigenvalue weighted by Crippen LogP contribution is 2.37. The number of halogens is 5. The number of amides is 1. The summed E-state index contributed by atoms with van der Waals surface area (Å²) in [5, 5.41) is 11.5. The van der Waals surface area contributed by atoms with Crippen molar-refractivity contribution in [1.29, 1.82) is 0 Å². The number of hydrogen-bond acceptors (Lipinski definition) is 5. The van der Waals surface area contributed by atoms with Gasteiger partial charge in [0.1, 0.15) is 0 Å². The molecule has 1 aliphatic heterocycles. The van der Waals surface area contributed by atoms with E-state index in [9.17, 15) is 18.0 Å². The number of anilines is 1. The maximum Gasteiger partial charge on any atom is 0.416 e. The number of carbonyl (C=O) groups is 1. The van der Waals surface area contributed by atoms with Gasteiger partial charge in [-0.2, -0.15) is 13.2 Å². The first kappa shape index (κ1) is 29.2. The first-order valence-electron chi connectivity index (χ1n) is 12.7. The number of hydrogen-bond donors (Lipinski definition) is 2. The van der Waals surface area contributed by atoms with E-state index in [4.69, 9.17) is 28.9 Å². The van der Waals surface area contributed by atoms with E-state index in [-0.39, 0.29) is 11.8 Å². The minimum Gasteiger partial charge on any atom is -0.368 e. The quantitative estimate of drug-likeness (QED) is 0.347. The first-order chi connectivity index (χ1) is 18.4. The lowest BCUT2D eigenvalue weighted by Gasteiger charge is -2.39. The molecule has 1 amide bonds. The van der Waals surface area contributed by atoms with Crippen molar-refractivity contribution in [2.24, 2.45) is 11.7 Å². The molecule has 4 rings (SSSR count). The molecule has 2 atom stereocenters. The van der Waals surface area contributed by atoms with Gasteiger partial charge >= 0.3 is 6.18 Å². The number of aromatic amines is 1. The molecule has 2 aromatic carbocycles. The molecule has 3 N–H and O–H groups in total. The highest BCUT2D eigenvalue weighted by Gasteiger charge is 2.34. The van der Waals surface area contributed by atoms with Crippen LogP contribution in [0.25, 0.3) is 0 Å². The number of alkyl halides is 3. The number of nitrogens with two attached hydrogens (primary N) is 1. The van der Waals surface area contributed by atoms with Crippen LogP contribution in [0, 0.1) is 5.92 Å². The molecule has 1 fully saturated rings. The summed E-state index contributed by atoms with van der Waals surface area (Å²) >= 11 is 12.4. The molecule has 2 heterocycles. The van der Waals surface area contributed by atoms with Crippen LogP contribution in [-0.2, 0) is 17.4 Å². The normalized spacial score (nSPS) is 16.0. The van der Waals surface area contributed by atoms with E-state index in [1.165, 1.54) is 6.07 Å². The SMILES string of the molecule is CC(C)CC(N)c1cc(C(F)(F)F)ccc1N1CCN(C(=O)C(Cc2ccc(Cl)cc2Cl)c2c[nH]nn2)CC1. The summed E-state index contributed by atoms with van der Waals surface area (Å²) < 4.78 is 40.4. The van der Waals surface area contributed by atoms with Gasteiger partial charge in [-0.3, -0.25) is 9.89 Å². The molecule has 39 heavy (non-hydrogen) atoms. The lowest BCUT2D eigenvalue weighted by atomic mass is 9.93. The number of H-pyrrole nitrogens is 1. The molecule has 0 radical (unpaired) electrons. The van der Waals surface area contributed by atoms with Crippen LogP contribution < -0.4 is 10.6 Å². The van der Waals surface area contributed by atoms with Crippen molar-refractivity contribution in [2.75, 3.05) is 31.1 Å². The first-order valence-corrected chi connectivity index (χ1v) is 13.5. The molecule has 0 saturated carbocycles. The van der Waals surface area contributed by atoms with E-state index in [1.54, 1.807) is 29.3 Å². The van der Waals surface area contributed by atoms with E-state index >= 15 is 0 Å². The molecule has 1 saturated heterocycles. The molecule has 7 nitrogen and oxygen atoms in total. The van der Waals surface area contributed by atoms with Gasteiger partial charge in [0, 0.05) is 54.2 Å². The summed E-state index contributed by atoms with van der Waals surface area (Å²) in [6.45, 7) is 5.65. The summed E-state index contributed by atoms with van der Waals surface area (Å²) in [5.74, 6) is -0.520. The molecule has 3 aromatic rings. The van der Waals surface area contributed by atoms with Crippen molar-refractivity contribution < 1.29 is 18.0 Å². The second-order valence-electron chi connectivity index (χ2n) is 10.2. The molecular weight excluding hydrogens is 552 g/mol. The van der Waals surface area contributed by atoms with Crippen molar-refractivity contribution in [1.82, 2.24) is 20.3 Å². The second-order valence-corrected chi connectivity index (χ2v) is 11.1. The maximum atomic E-state index is 13.7. The molecule has 0 bridgehead atoms. The summed E-state index contributed by atoms with van der Waals surface area (Å²) in [6, 6.07) is 8.35. The average molecular weight is 583 g/mol. The van der Waals surface area contributed by atoms with Gasteiger partial charge in [0.2, 0.25) is 5.91 Å². The zero-order valence-corrected chi connectivity index (χ0v) is 23.2. The average Bonchev–Trinajstić information content (AvgIpc) is 3.41. The third-order valence-electron chi connectivity index (χ3n) is 6.94. The number of carbonyl (C=O) groups excluding carboxylic acids is 1. The fourth-order valence-corrected chi connectivity index (χ4v) is 5.43. The molecule has 0 spiro atoms. The number of aromatic nitrogens is 3. The van der Waals surface area contributed by atoms with E-state index in [2.05, 4.69) is 15.4 Å². The minimum absolute atomic E-state index is 0.126. The lowest BCUT2D eigenvalue weighted by molar-refractivity contribution is -0.137. The molecule has 2 unspecified atom stereocenters. The largest absolute Gasteiger partial charge is 0.416 e. The van der Waals surface area contributed by atoms with Crippen LogP contribution in [0.1, 0.15) is 54.6 Å². The van der Waals surface area contributed by atoms with Crippen LogP contribution in [-0.4, -0.2) is 52.4 Å². The standard InChI is InChI=1S/C27H31Cl2F3N6O/c1-16(2)11-23(33)20-13-18(27(30,31)32)4-6-25(20)37-7-9-38(10-8-37)26(39)21(24-15-34-36-35-24)12-17-3-5-19(28)14-22(17)29/h3-6,13-16,21,23H,7-12,33H2,1-2H3,(H,34,35,36). The van der Waals surface area contributed by atoms with Gasteiger partial charge < -0.3 is 15.5 Å². The third-order valence-corrected chi connectivity index (χ3v) is 7.53. The fraction of sp³-hybridized carbons (Fsp3) is 0.444. The highest BCUT2D eigenvalue weighted by molar-refractivity contribution is 6.35. The topological polar surface area (TPSA) is 91.1 Å². The predicted octanol–water partition coefficient (Wildman–Crippen LogP) is 5.85. The molecular formula is C27H31Cl2F3N6O. The van der Waals surface area contributed by atoms with Crippen LogP contribution in [0.5, 0.6) is 0 Å². The molecule has 12 heteroatoms. The van der Waals surface area contributed by atoms with Crippen LogP contribution in [0.3, 0.4) is 0 Å². The number of rotatable bonds is 8. The number of benzene rings is 2. The summed E-state index contributed by atoms with van der Waals surface area (Å²) in [6.07, 6.45) is -2.00. The van der Waals surface area contributed by atoms with Gasteiger partial charge in [-0.05, 0) is 60.2 Å². The van der Waals surface area contributed by atoms with Gasteiger partial charge in [-0.25, -0.2) is 0 Å². The Morgan fingerprint density at radius 2 is 1.82 bits per heavy atom. The Morgan fingerprint density at radius 3 is 2.41 bits per heavy atom. The Morgan fingerprint density at radius 1 is 1.10 bits per heavy atom. The van der Waals surface area contributed by atoms with Crippen molar-refractivity contribution in [2.45, 2.75) is 44.8 Å². The van der Waals surface area contributed by atoms with Gasteiger partial charge in [-0.1, -0.05) is 48.3 Å². The minimum atomic E-state index is -4.46. The monoisotopic (exact) mass is 582 g/mol. The number of piperazine rings is 1. The Hall–Kier alpha value is -2.82. The Bertz CT molecular complexity index is 1280. The van der Waals surface area contributed by atoms with Crippen molar-refractivity contribution in [3.8, 4) is 0 Å². The molecule has 210 valence electrons. The van der Waals surface area contributed by atoms with Gasteiger partial charge in [0.05, 0.1) is 17.2 Å². The van der Waals surface area contributed by atoms with Gasteiger partial charge in [-0.15, -0.1) is 5.10 Å². The van der Waals surface area contributed by atoms with Crippen molar-refractivity contribution in [3.05, 3.63) is 75.0 Å². The Balaban J connectivity index is 1.53.